The van der Waals surface area contributed by atoms with Gasteiger partial charge in [-0.3, -0.25) is 0 Å². The van der Waals surface area contributed by atoms with Gasteiger partial charge in [-0.05, 0) is 42.9 Å². The van der Waals surface area contributed by atoms with Crippen molar-refractivity contribution in [2.24, 2.45) is 23.7 Å². The molecule has 1 aromatic heterocycles. The van der Waals surface area contributed by atoms with Gasteiger partial charge in [-0.1, -0.05) is 0 Å². The number of carboxylic acid groups (broad SMARTS) is 1. The number of oxazole rings is 1. The van der Waals surface area contributed by atoms with Crippen molar-refractivity contribution in [2.75, 3.05) is 0 Å². The minimum absolute atomic E-state index is 0.0266. The molecule has 3 fully saturated rings. The van der Waals surface area contributed by atoms with Gasteiger partial charge in [-0.25, -0.2) is 9.78 Å². The molecule has 1 N–H and O–H groups in total. The van der Waals surface area contributed by atoms with Crippen LogP contribution in [-0.2, 0) is 6.18 Å². The largest absolute Gasteiger partial charge is 0.475 e. The molecule has 7 heteroatoms. The highest BCUT2D eigenvalue weighted by molar-refractivity contribution is 5.85. The standard InChI is InChI=1S/C13H12F3NO3/c14-13(15,16)10-9(12(18)19)20-11(17-10)8-6-4-1-2-5(3-4)7(6)8/h4-8H,1-3H2,(H,18,19). The maximum atomic E-state index is 12.8. The summed E-state index contributed by atoms with van der Waals surface area (Å²) in [5, 5.41) is 8.83. The number of carbonyl (C=O) groups is 1. The number of hydrogen-bond acceptors (Lipinski definition) is 3. The molecule has 0 spiro atoms. The summed E-state index contributed by atoms with van der Waals surface area (Å²) in [4.78, 5) is 14.3. The van der Waals surface area contributed by atoms with E-state index in [4.69, 9.17) is 9.52 Å². The van der Waals surface area contributed by atoms with E-state index in [1.54, 1.807) is 0 Å². The first-order valence-electron chi connectivity index (χ1n) is 6.69. The summed E-state index contributed by atoms with van der Waals surface area (Å²) in [7, 11) is 0. The molecule has 0 saturated heterocycles. The smallest absolute Gasteiger partial charge is 0.437 e. The normalized spacial score (nSPS) is 38.0. The highest BCUT2D eigenvalue weighted by atomic mass is 19.4. The summed E-state index contributed by atoms with van der Waals surface area (Å²) in [6, 6.07) is 0. The summed E-state index contributed by atoms with van der Waals surface area (Å²) in [6.45, 7) is 0. The van der Waals surface area contributed by atoms with Crippen molar-refractivity contribution in [1.82, 2.24) is 4.98 Å². The van der Waals surface area contributed by atoms with Gasteiger partial charge in [-0.2, -0.15) is 13.2 Å². The van der Waals surface area contributed by atoms with Crippen LogP contribution in [0.5, 0.6) is 0 Å². The zero-order chi connectivity index (χ0) is 14.2. The fourth-order valence-corrected chi connectivity index (χ4v) is 4.47. The van der Waals surface area contributed by atoms with Gasteiger partial charge >= 0.3 is 12.1 Å². The molecule has 4 unspecified atom stereocenters. The Morgan fingerprint density at radius 1 is 1.25 bits per heavy atom. The Balaban J connectivity index is 1.69. The summed E-state index contributed by atoms with van der Waals surface area (Å²) < 4.78 is 43.3. The monoisotopic (exact) mass is 287 g/mol. The van der Waals surface area contributed by atoms with Gasteiger partial charge in [0.25, 0.3) is 0 Å². The maximum Gasteiger partial charge on any atom is 0.437 e. The van der Waals surface area contributed by atoms with Gasteiger partial charge in [0.15, 0.2) is 11.6 Å². The SMILES string of the molecule is O=C(O)c1oc(C2C3C4CCC(C4)C23)nc1C(F)(F)F. The van der Waals surface area contributed by atoms with E-state index in [-0.39, 0.29) is 11.8 Å². The molecule has 0 amide bonds. The zero-order valence-electron chi connectivity index (χ0n) is 10.4. The van der Waals surface area contributed by atoms with Crippen molar-refractivity contribution in [3.05, 3.63) is 17.3 Å². The molecule has 1 heterocycles. The highest BCUT2D eigenvalue weighted by Gasteiger charge is 2.67. The highest BCUT2D eigenvalue weighted by Crippen LogP contribution is 2.73. The first kappa shape index (κ1) is 12.2. The zero-order valence-corrected chi connectivity index (χ0v) is 10.4. The third-order valence-corrected chi connectivity index (χ3v) is 5.13. The lowest BCUT2D eigenvalue weighted by atomic mass is 10.0. The summed E-state index contributed by atoms with van der Waals surface area (Å²) in [5.74, 6) is -1.09. The van der Waals surface area contributed by atoms with E-state index in [2.05, 4.69) is 4.98 Å². The third-order valence-electron chi connectivity index (χ3n) is 5.13. The molecule has 2 bridgehead atoms. The molecular weight excluding hydrogens is 275 g/mol. The van der Waals surface area contributed by atoms with Gasteiger partial charge in [-0.15, -0.1) is 0 Å². The van der Waals surface area contributed by atoms with Crippen molar-refractivity contribution in [2.45, 2.75) is 31.4 Å². The minimum atomic E-state index is -4.79. The number of aromatic carboxylic acids is 1. The van der Waals surface area contributed by atoms with E-state index in [9.17, 15) is 18.0 Å². The van der Waals surface area contributed by atoms with E-state index < -0.39 is 23.6 Å². The van der Waals surface area contributed by atoms with Crippen LogP contribution in [-0.4, -0.2) is 16.1 Å². The first-order valence-corrected chi connectivity index (χ1v) is 6.69. The Morgan fingerprint density at radius 2 is 1.85 bits per heavy atom. The lowest BCUT2D eigenvalue weighted by molar-refractivity contribution is -0.141. The van der Waals surface area contributed by atoms with Crippen molar-refractivity contribution in [1.29, 1.82) is 0 Å². The Hall–Kier alpha value is -1.53. The number of alkyl halides is 3. The van der Waals surface area contributed by atoms with E-state index in [0.717, 1.165) is 19.3 Å². The van der Waals surface area contributed by atoms with Crippen molar-refractivity contribution in [3.8, 4) is 0 Å². The van der Waals surface area contributed by atoms with Gasteiger partial charge < -0.3 is 9.52 Å². The molecule has 0 radical (unpaired) electrons. The van der Waals surface area contributed by atoms with Crippen LogP contribution in [0.25, 0.3) is 0 Å². The first-order chi connectivity index (χ1) is 9.38. The second-order valence-corrected chi connectivity index (χ2v) is 6.05. The second kappa shape index (κ2) is 3.56. The van der Waals surface area contributed by atoms with Gasteiger partial charge in [0, 0.05) is 5.92 Å². The molecule has 4 nitrogen and oxygen atoms in total. The van der Waals surface area contributed by atoms with E-state index >= 15 is 0 Å². The molecular formula is C13H12F3NO3. The number of nitrogens with zero attached hydrogens (tertiary/aromatic N) is 1. The van der Waals surface area contributed by atoms with Crippen LogP contribution in [0.15, 0.2) is 4.42 Å². The molecule has 3 saturated carbocycles. The number of carboxylic acids is 1. The van der Waals surface area contributed by atoms with E-state index in [1.165, 1.54) is 0 Å². The fourth-order valence-electron chi connectivity index (χ4n) is 4.47. The van der Waals surface area contributed by atoms with Gasteiger partial charge in [0.05, 0.1) is 0 Å². The topological polar surface area (TPSA) is 63.3 Å². The number of hydrogen-bond donors (Lipinski definition) is 1. The minimum Gasteiger partial charge on any atom is -0.475 e. The Morgan fingerprint density at radius 3 is 2.30 bits per heavy atom. The number of rotatable bonds is 2. The number of aromatic nitrogens is 1. The lowest BCUT2D eigenvalue weighted by Crippen LogP contribution is -2.11. The molecule has 0 aliphatic heterocycles. The van der Waals surface area contributed by atoms with Crippen molar-refractivity contribution < 1.29 is 27.5 Å². The van der Waals surface area contributed by atoms with E-state index in [1.807, 2.05) is 0 Å². The van der Waals surface area contributed by atoms with Crippen LogP contribution in [0.1, 0.15) is 47.3 Å². The average molecular weight is 287 g/mol. The van der Waals surface area contributed by atoms with Gasteiger partial charge in [0.1, 0.15) is 0 Å². The Labute approximate surface area is 112 Å². The van der Waals surface area contributed by atoms with E-state index in [0.29, 0.717) is 23.7 Å². The number of fused-ring (bicyclic) bond motifs is 5. The second-order valence-electron chi connectivity index (χ2n) is 6.05. The van der Waals surface area contributed by atoms with Crippen molar-refractivity contribution >= 4 is 5.97 Å². The predicted molar refractivity (Wildman–Crippen MR) is 59.0 cm³/mol. The Bertz CT molecular complexity index is 578. The molecule has 4 rings (SSSR count). The average Bonchev–Trinajstić information content (AvgIpc) is 2.78. The molecule has 1 aromatic rings. The quantitative estimate of drug-likeness (QED) is 0.907. The van der Waals surface area contributed by atoms with Crippen LogP contribution < -0.4 is 0 Å². The fraction of sp³-hybridized carbons (Fsp3) is 0.692. The maximum absolute atomic E-state index is 12.8. The molecule has 4 atom stereocenters. The van der Waals surface area contributed by atoms with Crippen molar-refractivity contribution in [3.63, 3.8) is 0 Å². The van der Waals surface area contributed by atoms with Crippen LogP contribution in [0.2, 0.25) is 0 Å². The summed E-state index contributed by atoms with van der Waals surface area (Å²) in [6.07, 6.45) is -1.38. The molecule has 0 aromatic carbocycles. The summed E-state index contributed by atoms with van der Waals surface area (Å²) in [5.41, 5.74) is -1.41. The predicted octanol–water partition coefficient (Wildman–Crippen LogP) is 3.15. The van der Waals surface area contributed by atoms with Gasteiger partial charge in [0.2, 0.25) is 5.76 Å². The summed E-state index contributed by atoms with van der Waals surface area (Å²) >= 11 is 0. The molecule has 3 aliphatic carbocycles. The molecule has 108 valence electrons. The van der Waals surface area contributed by atoms with Crippen LogP contribution in [0.4, 0.5) is 13.2 Å². The lowest BCUT2D eigenvalue weighted by Gasteiger charge is -2.04. The Kier molecular flexibility index (Phi) is 2.18. The molecule has 20 heavy (non-hydrogen) atoms. The van der Waals surface area contributed by atoms with Crippen LogP contribution in [0, 0.1) is 23.7 Å². The van der Waals surface area contributed by atoms with Crippen LogP contribution >= 0.6 is 0 Å². The van der Waals surface area contributed by atoms with Crippen LogP contribution in [0.3, 0.4) is 0 Å². The third kappa shape index (κ3) is 1.49. The number of halogens is 3. The molecule has 3 aliphatic rings.